The van der Waals surface area contributed by atoms with Crippen LogP contribution < -0.4 is 5.73 Å². The lowest BCUT2D eigenvalue weighted by atomic mass is 10.1. The average molecular weight is 200 g/mol. The van der Waals surface area contributed by atoms with Gasteiger partial charge in [-0.1, -0.05) is 6.92 Å². The Labute approximate surface area is 82.9 Å². The highest BCUT2D eigenvalue weighted by molar-refractivity contribution is 5.83. The fraction of sp³-hybridized carbons (Fsp3) is 0.778. The van der Waals surface area contributed by atoms with E-state index in [-0.39, 0.29) is 5.91 Å². The van der Waals surface area contributed by atoms with Gasteiger partial charge in [-0.05, 0) is 12.8 Å². The largest absolute Gasteiger partial charge is 0.481 e. The van der Waals surface area contributed by atoms with Crippen LogP contribution in [-0.2, 0) is 9.59 Å². The third-order valence-electron chi connectivity index (χ3n) is 2.61. The highest BCUT2D eigenvalue weighted by atomic mass is 16.4. The van der Waals surface area contributed by atoms with Crippen LogP contribution in [0.15, 0.2) is 0 Å². The van der Waals surface area contributed by atoms with Crippen LogP contribution in [0.25, 0.3) is 0 Å². The molecule has 0 aromatic rings. The van der Waals surface area contributed by atoms with Crippen molar-refractivity contribution in [3.05, 3.63) is 0 Å². The van der Waals surface area contributed by atoms with Crippen LogP contribution in [0.4, 0.5) is 0 Å². The van der Waals surface area contributed by atoms with Crippen molar-refractivity contribution in [1.82, 2.24) is 4.90 Å². The molecule has 0 aromatic carbocycles. The third kappa shape index (κ3) is 2.23. The Bertz CT molecular complexity index is 242. The molecule has 1 rings (SSSR count). The molecule has 0 saturated carbocycles. The molecule has 0 radical (unpaired) electrons. The Morgan fingerprint density at radius 1 is 1.64 bits per heavy atom. The zero-order valence-electron chi connectivity index (χ0n) is 8.27. The van der Waals surface area contributed by atoms with Crippen LogP contribution in [-0.4, -0.2) is 41.0 Å². The predicted molar refractivity (Wildman–Crippen MR) is 50.6 cm³/mol. The number of carbonyl (C=O) groups excluding carboxylic acids is 1. The van der Waals surface area contributed by atoms with Gasteiger partial charge in [0.25, 0.3) is 0 Å². The predicted octanol–water partition coefficient (Wildman–Crippen LogP) is -0.343. The van der Waals surface area contributed by atoms with Gasteiger partial charge >= 0.3 is 5.97 Å². The summed E-state index contributed by atoms with van der Waals surface area (Å²) in [6.07, 6.45) is 1.13. The van der Waals surface area contributed by atoms with Crippen molar-refractivity contribution in [3.63, 3.8) is 0 Å². The molecule has 1 saturated heterocycles. The molecule has 0 bridgehead atoms. The number of carbonyl (C=O) groups is 2. The number of amides is 1. The fourth-order valence-corrected chi connectivity index (χ4v) is 1.57. The summed E-state index contributed by atoms with van der Waals surface area (Å²) < 4.78 is 0. The van der Waals surface area contributed by atoms with Crippen molar-refractivity contribution >= 4 is 11.9 Å². The summed E-state index contributed by atoms with van der Waals surface area (Å²) in [5.74, 6) is -1.37. The van der Waals surface area contributed by atoms with Crippen LogP contribution in [0.2, 0.25) is 0 Å². The van der Waals surface area contributed by atoms with E-state index in [1.54, 1.807) is 4.90 Å². The molecule has 0 aromatic heterocycles. The fourth-order valence-electron chi connectivity index (χ4n) is 1.57. The summed E-state index contributed by atoms with van der Waals surface area (Å²) in [5.41, 5.74) is 5.58. The monoisotopic (exact) mass is 200 g/mol. The second-order valence-corrected chi connectivity index (χ2v) is 3.62. The molecular formula is C9H16N2O3. The van der Waals surface area contributed by atoms with Gasteiger partial charge in [0.05, 0.1) is 12.0 Å². The first-order valence-corrected chi connectivity index (χ1v) is 4.83. The summed E-state index contributed by atoms with van der Waals surface area (Å²) >= 11 is 0. The maximum absolute atomic E-state index is 11.6. The Kier molecular flexibility index (Phi) is 3.46. The summed E-state index contributed by atoms with van der Waals surface area (Å²) in [7, 11) is 0. The summed E-state index contributed by atoms with van der Waals surface area (Å²) in [6.45, 7) is 2.67. The molecule has 5 nitrogen and oxygen atoms in total. The quantitative estimate of drug-likeness (QED) is 0.652. The summed E-state index contributed by atoms with van der Waals surface area (Å²) in [5, 5.41) is 8.74. The first-order chi connectivity index (χ1) is 6.56. The lowest BCUT2D eigenvalue weighted by molar-refractivity contribution is -0.141. The van der Waals surface area contributed by atoms with Crippen molar-refractivity contribution < 1.29 is 14.7 Å². The van der Waals surface area contributed by atoms with E-state index in [4.69, 9.17) is 10.8 Å². The highest BCUT2D eigenvalue weighted by Gasteiger charge is 2.32. The maximum atomic E-state index is 11.6. The van der Waals surface area contributed by atoms with E-state index >= 15 is 0 Å². The number of hydrogen-bond acceptors (Lipinski definition) is 3. The zero-order chi connectivity index (χ0) is 10.7. The molecule has 14 heavy (non-hydrogen) atoms. The minimum absolute atomic E-state index is 0.128. The smallest absolute Gasteiger partial charge is 0.308 e. The maximum Gasteiger partial charge on any atom is 0.308 e. The summed E-state index contributed by atoms with van der Waals surface area (Å²) in [4.78, 5) is 23.7. The number of carboxylic acids is 1. The second kappa shape index (κ2) is 4.41. The molecule has 1 fully saturated rings. The lowest BCUT2D eigenvalue weighted by Crippen LogP contribution is -2.42. The van der Waals surface area contributed by atoms with E-state index in [2.05, 4.69) is 0 Å². The molecule has 3 N–H and O–H groups in total. The Hall–Kier alpha value is -1.10. The number of hydrogen-bond donors (Lipinski definition) is 2. The second-order valence-electron chi connectivity index (χ2n) is 3.62. The average Bonchev–Trinajstić information content (AvgIpc) is 2.64. The van der Waals surface area contributed by atoms with Gasteiger partial charge in [-0.3, -0.25) is 9.59 Å². The Balaban J connectivity index is 2.49. The molecule has 80 valence electrons. The molecular weight excluding hydrogens is 184 g/mol. The Morgan fingerprint density at radius 3 is 2.71 bits per heavy atom. The number of nitrogens with zero attached hydrogens (tertiary/aromatic N) is 1. The molecule has 1 aliphatic heterocycles. The SMILES string of the molecule is CCC(N)C(=O)N1CCC(C(=O)O)C1. The number of rotatable bonds is 3. The first kappa shape index (κ1) is 11.0. The van der Waals surface area contributed by atoms with Crippen molar-refractivity contribution in [3.8, 4) is 0 Å². The number of carboxylic acid groups (broad SMARTS) is 1. The van der Waals surface area contributed by atoms with Gasteiger partial charge in [0.1, 0.15) is 0 Å². The molecule has 0 spiro atoms. The van der Waals surface area contributed by atoms with Gasteiger partial charge in [-0.15, -0.1) is 0 Å². The van der Waals surface area contributed by atoms with Gasteiger partial charge in [-0.25, -0.2) is 0 Å². The first-order valence-electron chi connectivity index (χ1n) is 4.83. The number of aliphatic carboxylic acids is 1. The van der Waals surface area contributed by atoms with Gasteiger partial charge in [-0.2, -0.15) is 0 Å². The van der Waals surface area contributed by atoms with E-state index in [1.807, 2.05) is 6.92 Å². The topological polar surface area (TPSA) is 83.6 Å². The van der Waals surface area contributed by atoms with E-state index in [9.17, 15) is 9.59 Å². The van der Waals surface area contributed by atoms with Crippen molar-refractivity contribution in [1.29, 1.82) is 0 Å². The minimum atomic E-state index is -0.828. The van der Waals surface area contributed by atoms with Crippen molar-refractivity contribution in [2.75, 3.05) is 13.1 Å². The van der Waals surface area contributed by atoms with Gasteiger partial charge in [0, 0.05) is 13.1 Å². The molecule has 2 atom stereocenters. The van der Waals surface area contributed by atoms with Gasteiger partial charge in [0.2, 0.25) is 5.91 Å². The van der Waals surface area contributed by atoms with Crippen LogP contribution in [0, 0.1) is 5.92 Å². The molecule has 1 aliphatic rings. The molecule has 1 heterocycles. The van der Waals surface area contributed by atoms with E-state index < -0.39 is 17.9 Å². The number of nitrogens with two attached hydrogens (primary N) is 1. The van der Waals surface area contributed by atoms with Crippen LogP contribution in [0.1, 0.15) is 19.8 Å². The van der Waals surface area contributed by atoms with Crippen molar-refractivity contribution in [2.24, 2.45) is 11.7 Å². The standard InChI is InChI=1S/C9H16N2O3/c1-2-7(10)8(12)11-4-3-6(5-11)9(13)14/h6-7H,2-5,10H2,1H3,(H,13,14). The van der Waals surface area contributed by atoms with Gasteiger partial charge < -0.3 is 15.7 Å². The van der Waals surface area contributed by atoms with Gasteiger partial charge in [0.15, 0.2) is 0 Å². The zero-order valence-corrected chi connectivity index (χ0v) is 8.27. The van der Waals surface area contributed by atoms with Crippen LogP contribution >= 0.6 is 0 Å². The number of likely N-dealkylation sites (tertiary alicyclic amines) is 1. The van der Waals surface area contributed by atoms with Crippen LogP contribution in [0.3, 0.4) is 0 Å². The Morgan fingerprint density at radius 2 is 2.29 bits per heavy atom. The lowest BCUT2D eigenvalue weighted by Gasteiger charge is -2.19. The minimum Gasteiger partial charge on any atom is -0.481 e. The van der Waals surface area contributed by atoms with E-state index in [0.717, 1.165) is 0 Å². The van der Waals surface area contributed by atoms with Crippen molar-refractivity contribution in [2.45, 2.75) is 25.8 Å². The molecule has 1 amide bonds. The van der Waals surface area contributed by atoms with Crippen LogP contribution in [0.5, 0.6) is 0 Å². The third-order valence-corrected chi connectivity index (χ3v) is 2.61. The molecule has 2 unspecified atom stereocenters. The van der Waals surface area contributed by atoms with E-state index in [0.29, 0.717) is 25.9 Å². The van der Waals surface area contributed by atoms with E-state index in [1.165, 1.54) is 0 Å². The normalized spacial score (nSPS) is 23.6. The molecule has 0 aliphatic carbocycles. The summed E-state index contributed by atoms with van der Waals surface area (Å²) in [6, 6.07) is -0.484. The molecule has 5 heteroatoms. The highest BCUT2D eigenvalue weighted by Crippen LogP contribution is 2.17.